The highest BCUT2D eigenvalue weighted by Crippen LogP contribution is 2.34. The molecule has 138 valence electrons. The van der Waals surface area contributed by atoms with Crippen molar-refractivity contribution in [2.24, 2.45) is 0 Å². The Balaban J connectivity index is 1.57. The number of anilines is 1. The smallest absolute Gasteiger partial charge is 0.272 e. The fourth-order valence-corrected chi connectivity index (χ4v) is 4.14. The number of nitrogens with zero attached hydrogens (tertiary/aromatic N) is 6. The summed E-state index contributed by atoms with van der Waals surface area (Å²) in [5.41, 5.74) is 1.58. The third-order valence-electron chi connectivity index (χ3n) is 5.54. The molecule has 0 radical (unpaired) electrons. The lowest BCUT2D eigenvalue weighted by atomic mass is 10.1. The predicted octanol–water partition coefficient (Wildman–Crippen LogP) is 2.83. The first kappa shape index (κ1) is 17.0. The summed E-state index contributed by atoms with van der Waals surface area (Å²) in [6, 6.07) is 6.18. The summed E-state index contributed by atoms with van der Waals surface area (Å²) in [5, 5.41) is 13.1. The largest absolute Gasteiger partial charge is 0.361 e. The number of hydrogen-bond acceptors (Lipinski definition) is 5. The van der Waals surface area contributed by atoms with Gasteiger partial charge in [0.25, 0.3) is 5.91 Å². The van der Waals surface area contributed by atoms with Gasteiger partial charge in [-0.2, -0.15) is 10.2 Å². The topological polar surface area (TPSA) is 67.2 Å². The van der Waals surface area contributed by atoms with Crippen LogP contribution >= 0.6 is 0 Å². The van der Waals surface area contributed by atoms with Crippen molar-refractivity contribution in [2.75, 3.05) is 25.5 Å². The lowest BCUT2D eigenvalue weighted by Crippen LogP contribution is -2.33. The van der Waals surface area contributed by atoms with Crippen LogP contribution in [0.15, 0.2) is 24.4 Å². The van der Waals surface area contributed by atoms with E-state index in [9.17, 15) is 4.79 Å². The highest BCUT2D eigenvalue weighted by molar-refractivity contribution is 5.93. The molecule has 1 aliphatic heterocycles. The van der Waals surface area contributed by atoms with E-state index in [0.717, 1.165) is 43.7 Å². The first-order valence-electron chi connectivity index (χ1n) is 9.50. The van der Waals surface area contributed by atoms with Crippen molar-refractivity contribution in [3.05, 3.63) is 35.8 Å². The number of carbonyl (C=O) groups is 1. The lowest BCUT2D eigenvalue weighted by molar-refractivity contribution is 0.0716. The van der Waals surface area contributed by atoms with E-state index in [4.69, 9.17) is 0 Å². The van der Waals surface area contributed by atoms with Gasteiger partial charge in [-0.05, 0) is 43.9 Å². The molecule has 1 saturated heterocycles. The standard InChI is InChI=1S/C19H26N6O/c1-23(2)18-10-9-15(21-22-18)16-8-5-13-24(16)19(26)17-11-12-20-25(17)14-6-3-4-7-14/h9-12,14,16H,3-8,13H2,1-2H3. The van der Waals surface area contributed by atoms with Crippen LogP contribution in [0.4, 0.5) is 5.82 Å². The molecule has 2 fully saturated rings. The Morgan fingerprint density at radius 1 is 1.08 bits per heavy atom. The molecule has 4 rings (SSSR count). The number of aromatic nitrogens is 4. The van der Waals surface area contributed by atoms with Crippen LogP contribution in [0.5, 0.6) is 0 Å². The van der Waals surface area contributed by atoms with Crippen LogP contribution in [0, 0.1) is 0 Å². The molecule has 3 heterocycles. The first-order valence-corrected chi connectivity index (χ1v) is 9.50. The van der Waals surface area contributed by atoms with Crippen molar-refractivity contribution in [2.45, 2.75) is 50.6 Å². The normalized spacial score (nSPS) is 20.7. The molecule has 0 bridgehead atoms. The molecule has 1 aliphatic carbocycles. The van der Waals surface area contributed by atoms with Crippen molar-refractivity contribution in [1.29, 1.82) is 0 Å². The number of amides is 1. The van der Waals surface area contributed by atoms with Crippen molar-refractivity contribution >= 4 is 11.7 Å². The minimum atomic E-state index is -0.00172. The van der Waals surface area contributed by atoms with Crippen LogP contribution in [0.1, 0.15) is 66.8 Å². The van der Waals surface area contributed by atoms with Gasteiger partial charge >= 0.3 is 0 Å². The molecular formula is C19H26N6O. The van der Waals surface area contributed by atoms with Gasteiger partial charge in [-0.25, -0.2) is 0 Å². The molecule has 0 spiro atoms. The molecule has 2 aromatic rings. The van der Waals surface area contributed by atoms with E-state index in [1.807, 2.05) is 46.8 Å². The zero-order chi connectivity index (χ0) is 18.1. The average Bonchev–Trinajstić information content (AvgIpc) is 3.41. The second-order valence-electron chi connectivity index (χ2n) is 7.47. The zero-order valence-corrected chi connectivity index (χ0v) is 15.5. The predicted molar refractivity (Wildman–Crippen MR) is 99.1 cm³/mol. The molecule has 26 heavy (non-hydrogen) atoms. The van der Waals surface area contributed by atoms with Gasteiger partial charge in [0.15, 0.2) is 5.82 Å². The Kier molecular flexibility index (Phi) is 4.61. The van der Waals surface area contributed by atoms with Gasteiger partial charge in [-0.1, -0.05) is 12.8 Å². The molecule has 1 amide bonds. The number of hydrogen-bond donors (Lipinski definition) is 0. The maximum Gasteiger partial charge on any atom is 0.272 e. The SMILES string of the molecule is CN(C)c1ccc(C2CCCN2C(=O)c2ccnn2C2CCCC2)nn1. The van der Waals surface area contributed by atoms with Crippen LogP contribution in [-0.2, 0) is 0 Å². The molecule has 0 N–H and O–H groups in total. The van der Waals surface area contributed by atoms with Crippen molar-refractivity contribution in [3.63, 3.8) is 0 Å². The van der Waals surface area contributed by atoms with Crippen molar-refractivity contribution < 1.29 is 4.79 Å². The average molecular weight is 354 g/mol. The molecule has 1 atom stereocenters. The van der Waals surface area contributed by atoms with E-state index in [-0.39, 0.29) is 11.9 Å². The molecule has 1 unspecified atom stereocenters. The lowest BCUT2D eigenvalue weighted by Gasteiger charge is -2.25. The number of rotatable bonds is 4. The molecule has 1 saturated carbocycles. The van der Waals surface area contributed by atoms with Crippen LogP contribution in [0.2, 0.25) is 0 Å². The van der Waals surface area contributed by atoms with Gasteiger partial charge in [-0.3, -0.25) is 9.48 Å². The Bertz CT molecular complexity index is 763. The fraction of sp³-hybridized carbons (Fsp3) is 0.579. The zero-order valence-electron chi connectivity index (χ0n) is 15.5. The van der Waals surface area contributed by atoms with E-state index in [0.29, 0.717) is 11.7 Å². The fourth-order valence-electron chi connectivity index (χ4n) is 4.14. The second-order valence-corrected chi connectivity index (χ2v) is 7.47. The highest BCUT2D eigenvalue weighted by atomic mass is 16.2. The molecule has 7 heteroatoms. The first-order chi connectivity index (χ1) is 12.6. The van der Waals surface area contributed by atoms with Gasteiger partial charge in [0.05, 0.1) is 17.8 Å². The summed E-state index contributed by atoms with van der Waals surface area (Å²) >= 11 is 0. The Morgan fingerprint density at radius 3 is 2.58 bits per heavy atom. The van der Waals surface area contributed by atoms with Gasteiger partial charge in [0.2, 0.25) is 0 Å². The molecular weight excluding hydrogens is 328 g/mol. The summed E-state index contributed by atoms with van der Waals surface area (Å²) in [6.45, 7) is 0.760. The summed E-state index contributed by atoms with van der Waals surface area (Å²) in [5.74, 6) is 0.888. The maximum absolute atomic E-state index is 13.3. The van der Waals surface area contributed by atoms with E-state index in [2.05, 4.69) is 15.3 Å². The van der Waals surface area contributed by atoms with Gasteiger partial charge in [0.1, 0.15) is 5.69 Å². The van der Waals surface area contributed by atoms with Crippen LogP contribution in [-0.4, -0.2) is 51.4 Å². The van der Waals surface area contributed by atoms with Crippen molar-refractivity contribution in [1.82, 2.24) is 24.9 Å². The quantitative estimate of drug-likeness (QED) is 0.845. The van der Waals surface area contributed by atoms with E-state index in [1.54, 1.807) is 6.20 Å². The third kappa shape index (κ3) is 3.06. The summed E-state index contributed by atoms with van der Waals surface area (Å²) in [7, 11) is 3.89. The minimum Gasteiger partial charge on any atom is -0.361 e. The summed E-state index contributed by atoms with van der Waals surface area (Å²) in [4.78, 5) is 17.1. The Labute approximate surface area is 154 Å². The molecule has 2 aliphatic rings. The monoisotopic (exact) mass is 354 g/mol. The summed E-state index contributed by atoms with van der Waals surface area (Å²) < 4.78 is 1.95. The minimum absolute atomic E-state index is 0.00172. The number of carbonyl (C=O) groups excluding carboxylic acids is 1. The third-order valence-corrected chi connectivity index (χ3v) is 5.54. The highest BCUT2D eigenvalue weighted by Gasteiger charge is 2.34. The van der Waals surface area contributed by atoms with Gasteiger partial charge < -0.3 is 9.80 Å². The van der Waals surface area contributed by atoms with Crippen molar-refractivity contribution in [3.8, 4) is 0 Å². The van der Waals surface area contributed by atoms with E-state index < -0.39 is 0 Å². The maximum atomic E-state index is 13.3. The van der Waals surface area contributed by atoms with Crippen LogP contribution in [0.3, 0.4) is 0 Å². The van der Waals surface area contributed by atoms with Gasteiger partial charge in [0, 0.05) is 26.8 Å². The Morgan fingerprint density at radius 2 is 1.88 bits per heavy atom. The molecule has 7 nitrogen and oxygen atoms in total. The summed E-state index contributed by atoms with van der Waals surface area (Å²) in [6.07, 6.45) is 8.34. The second kappa shape index (κ2) is 7.05. The van der Waals surface area contributed by atoms with Crippen LogP contribution < -0.4 is 4.90 Å². The van der Waals surface area contributed by atoms with E-state index >= 15 is 0 Å². The van der Waals surface area contributed by atoms with Crippen LogP contribution in [0.25, 0.3) is 0 Å². The molecule has 0 aromatic carbocycles. The molecule has 2 aromatic heterocycles. The van der Waals surface area contributed by atoms with Gasteiger partial charge in [-0.15, -0.1) is 5.10 Å². The Hall–Kier alpha value is -2.44. The number of likely N-dealkylation sites (tertiary alicyclic amines) is 1. The van der Waals surface area contributed by atoms with E-state index in [1.165, 1.54) is 12.8 Å².